The first-order valence-corrected chi connectivity index (χ1v) is 43.5. The zero-order valence-corrected chi connectivity index (χ0v) is 74.4. The molecule has 0 radical (unpaired) electrons. The highest BCUT2D eigenvalue weighted by atomic mass is 35.5. The number of anilines is 5. The number of nitrogens with zero attached hydrogens (tertiary/aromatic N) is 10. The summed E-state index contributed by atoms with van der Waals surface area (Å²) in [6.07, 6.45) is -17.8. The van der Waals surface area contributed by atoms with Crippen LogP contribution in [0.25, 0.3) is 0 Å². The molecule has 5 fully saturated rings. The van der Waals surface area contributed by atoms with Crippen LogP contribution in [0.5, 0.6) is 0 Å². The Hall–Kier alpha value is -7.58. The summed E-state index contributed by atoms with van der Waals surface area (Å²) < 4.78 is 159. The third-order valence-electron chi connectivity index (χ3n) is 17.8. The summed E-state index contributed by atoms with van der Waals surface area (Å²) in [5, 5.41) is 49.8. The van der Waals surface area contributed by atoms with E-state index in [4.69, 9.17) is 128 Å². The highest BCUT2D eigenvalue weighted by Gasteiger charge is 2.64. The Balaban J connectivity index is 0.000000555. The van der Waals surface area contributed by atoms with E-state index in [0.29, 0.717) is 11.0 Å². The fraction of sp³-hybridized carbons (Fsp3) is 0.643. The number of nitrogens with two attached hydrogens (primary N) is 2. The molecule has 17 N–H and O–H groups in total. The van der Waals surface area contributed by atoms with Crippen LogP contribution >= 0.6 is 81.5 Å². The van der Waals surface area contributed by atoms with Crippen LogP contribution in [0.2, 0.25) is 0 Å². The van der Waals surface area contributed by atoms with E-state index in [9.17, 15) is 100 Å². The molecule has 744 valence electrons. The number of hydrogen-bond acceptors (Lipinski definition) is 36. The zero-order chi connectivity index (χ0) is 96.4. The van der Waals surface area contributed by atoms with Gasteiger partial charge in [-0.15, -0.1) is 0 Å². The second-order valence-electron chi connectivity index (χ2n) is 29.2. The van der Waals surface area contributed by atoms with Crippen LogP contribution in [-0.2, 0) is 84.0 Å². The molecule has 10 rings (SSSR count). The molecular weight excluding hydrogens is 1940 g/mol. The number of carbonyl (C=O) groups is 5. The van der Waals surface area contributed by atoms with Crippen molar-refractivity contribution in [3.8, 4) is 0 Å². The summed E-state index contributed by atoms with van der Waals surface area (Å²) in [7, 11) is -16.9. The van der Waals surface area contributed by atoms with Gasteiger partial charge in [-0.3, -0.25) is 51.3 Å². The van der Waals surface area contributed by atoms with Gasteiger partial charge in [0.05, 0.1) is 38.3 Å². The molecule has 5 aliphatic heterocycles. The number of ether oxygens (including phenoxy) is 7. The van der Waals surface area contributed by atoms with Gasteiger partial charge in [-0.05, 0) is 36.8 Å². The standard InChI is InChI=1S/C18H25ClFN3O5.C17H23ClFN3O6.C13H17ClFN3O5.C9H14ClFN3O13P3.C9H11ClFN3O4.4CH4/c1-6-11-13(28-15(25)10(4)5)18(19,20)16(27-11)23-8-7-12(22-17(23)26)21-14(24)9(2)3;1-8(2)13(24)20-11-5-6-22(16(26)21-11)15-17(18,19)12(10(7-23)27-15)28-14(25)9(3)4;1-6(2)10(21)16-8-3-4-18(12(22)17-8)11-13(14,15)9(20)7(5-19)23-11;10-9(11)6(15)4(25-7(9)14-2-1-5(12)13-8(14)16)3-24-29(20,21)27-30(22,23)26-28(17,18)19;10-9(11)6(16)4(3-15)18-7(9)14-2-1-5(12)13-8(14)17;;;;/h7-11,13,16H,6H2,1-5H3,(H,21,22,24,26);5-6,8-10,12,15,23H,7H2,1-4H3,(H,20,21,24,26);3-4,6-7,9,11,19-20H,5H2,1-2H3,(H,16,17,21,22);1-2,4,6-7,15H,3H2,(H,20,21)(H,22,23)(H2,12,13,16)(H2,17,18,19);1-2,4,6-7,15-16H,3H2,(H2,12,13,17);4*1H4/t11-,13-,16-,18-;10-,12-,15-,17-;7-,9-,11-,13-;2*4-,6-,7-,9-;;;;/m11111..../s1. The van der Waals surface area contributed by atoms with E-state index < -0.39 is 220 Å². The Morgan fingerprint density at radius 3 is 0.947 bits per heavy atom. The van der Waals surface area contributed by atoms with Gasteiger partial charge in [-0.25, -0.2) is 59.6 Å². The van der Waals surface area contributed by atoms with E-state index in [0.717, 1.165) is 49.1 Å². The van der Waals surface area contributed by atoms with Crippen molar-refractivity contribution in [1.82, 2.24) is 47.8 Å². The summed E-state index contributed by atoms with van der Waals surface area (Å²) in [5.41, 5.74) is 5.88. The van der Waals surface area contributed by atoms with Crippen molar-refractivity contribution in [2.24, 2.45) is 29.6 Å². The molecule has 0 bridgehead atoms. The van der Waals surface area contributed by atoms with E-state index in [1.165, 1.54) is 30.5 Å². The predicted molar refractivity (Wildman–Crippen MR) is 455 cm³/mol. The van der Waals surface area contributed by atoms with Crippen molar-refractivity contribution in [1.29, 1.82) is 0 Å². The van der Waals surface area contributed by atoms with Crippen LogP contribution < -0.4 is 55.9 Å². The number of nitrogen functional groups attached to an aromatic ring is 2. The monoisotopic (exact) mass is 2050 g/mol. The summed E-state index contributed by atoms with van der Waals surface area (Å²) >= 11 is 28.8. The highest BCUT2D eigenvalue weighted by molar-refractivity contribution is 7.66. The Bertz CT molecular complexity index is 5070. The van der Waals surface area contributed by atoms with Crippen molar-refractivity contribution < 1.29 is 156 Å². The summed E-state index contributed by atoms with van der Waals surface area (Å²) in [6.45, 7) is 14.9. The Morgan fingerprint density at radius 2 is 0.687 bits per heavy atom. The number of amides is 3. The normalized spacial score (nSPS) is 29.1. The SMILES string of the molecule is C.C.C.C.CC(C)C(=O)Nc1ccn([C@@H]2O[C@H](CO)[C@@H](O)[C@]2(F)Cl)c(=O)n1.CC(C)C(=O)Nc1ccn([C@@H]2O[C@H](CO)[C@@H](OC(=O)C(C)C)[C@]2(F)Cl)c(=O)n1.CC[C@H]1O[C@@H](n2ccc(NC(=O)C(C)C)nc2=O)[C@@](F)(Cl)[C@@H]1OC(=O)C(C)C.Nc1ccn([C@@H]2O[C@H](CO)[C@@H](O)[C@]2(F)Cl)c(=O)n1.Nc1ccn([C@@H]2O[C@H](COP(=O)(O)OP(=O)(O)OP(=O)(O)O)[C@@H](O)[C@]2(F)Cl)c(=O)n1. The maximum atomic E-state index is 15.4. The van der Waals surface area contributed by atoms with Crippen LogP contribution in [0.15, 0.2) is 85.3 Å². The van der Waals surface area contributed by atoms with Gasteiger partial charge in [0.1, 0.15) is 77.9 Å². The molecule has 5 aromatic heterocycles. The zero-order valence-electron chi connectivity index (χ0n) is 68.0. The molecular formula is C70H106Cl5F5N15O33P3. The highest BCUT2D eigenvalue weighted by Crippen LogP contribution is 2.66. The van der Waals surface area contributed by atoms with E-state index in [2.05, 4.69) is 54.0 Å². The van der Waals surface area contributed by atoms with Gasteiger partial charge < -0.3 is 111 Å². The molecule has 3 amide bonds. The Morgan fingerprint density at radius 1 is 0.427 bits per heavy atom. The average molecular weight is 2050 g/mol. The van der Waals surface area contributed by atoms with Crippen molar-refractivity contribution >= 4 is 140 Å². The number of aliphatic hydroxyl groups excluding tert-OH is 6. The first-order chi connectivity index (χ1) is 58.5. The number of hydrogen-bond donors (Lipinski definition) is 15. The molecule has 131 heavy (non-hydrogen) atoms. The molecule has 0 saturated carbocycles. The molecule has 2 unspecified atom stereocenters. The van der Waals surface area contributed by atoms with Gasteiger partial charge in [0.25, 0.3) is 25.6 Å². The van der Waals surface area contributed by atoms with E-state index >= 15 is 8.78 Å². The smallest absolute Gasteiger partial charge is 0.454 e. The van der Waals surface area contributed by atoms with E-state index in [1.807, 2.05) is 0 Å². The number of carbonyl (C=O) groups excluding carboxylic acids is 5. The van der Waals surface area contributed by atoms with Crippen LogP contribution in [0.1, 0.15) is 143 Å². The Labute approximate surface area is 767 Å². The molecule has 5 aliphatic rings. The number of esters is 2. The van der Waals surface area contributed by atoms with Gasteiger partial charge in [0.15, 0.2) is 43.3 Å². The van der Waals surface area contributed by atoms with Crippen LogP contribution in [-0.4, -0.2) is 241 Å². The van der Waals surface area contributed by atoms with Crippen molar-refractivity contribution in [3.05, 3.63) is 114 Å². The van der Waals surface area contributed by atoms with Gasteiger partial charge in [0.2, 0.25) is 17.7 Å². The first kappa shape index (κ1) is 119. The molecule has 10 heterocycles. The summed E-state index contributed by atoms with van der Waals surface area (Å²) in [5.74, 6) is -4.53. The minimum atomic E-state index is -5.78. The van der Waals surface area contributed by atoms with Gasteiger partial charge in [-0.2, -0.15) is 33.5 Å². The lowest BCUT2D eigenvalue weighted by atomic mass is 10.1. The number of halogens is 10. The molecule has 22 atom stereocenters. The molecule has 5 aromatic rings. The fourth-order valence-corrected chi connectivity index (χ4v) is 15.6. The maximum Gasteiger partial charge on any atom is 0.490 e. The van der Waals surface area contributed by atoms with Crippen LogP contribution in [0.3, 0.4) is 0 Å². The lowest BCUT2D eigenvalue weighted by Gasteiger charge is -2.26. The number of phosphoric acid groups is 3. The molecule has 61 heteroatoms. The lowest BCUT2D eigenvalue weighted by Crippen LogP contribution is -2.44. The minimum absolute atomic E-state index is 0. The minimum Gasteiger partial charge on any atom is -0.454 e. The molecule has 0 spiro atoms. The third-order valence-corrected chi connectivity index (χ3v) is 23.6. The number of rotatable bonds is 26. The fourth-order valence-electron chi connectivity index (χ4n) is 11.0. The first-order valence-electron chi connectivity index (χ1n) is 37.1. The van der Waals surface area contributed by atoms with Gasteiger partial charge >= 0.3 is 63.9 Å². The van der Waals surface area contributed by atoms with Gasteiger partial charge in [0, 0.05) is 48.7 Å². The van der Waals surface area contributed by atoms with E-state index in [-0.39, 0.29) is 94.3 Å². The Kier molecular flexibility index (Phi) is 44.0. The van der Waals surface area contributed by atoms with E-state index in [1.54, 1.807) is 76.2 Å². The van der Waals surface area contributed by atoms with Crippen LogP contribution in [0.4, 0.5) is 51.0 Å². The number of aliphatic hydroxyl groups is 6. The average Bonchev–Trinajstić information content (AvgIpc) is 1.64. The topological polar surface area (TPSA) is 694 Å². The summed E-state index contributed by atoms with van der Waals surface area (Å²) in [4.78, 5) is 172. The molecule has 5 saturated heterocycles. The number of phosphoric ester groups is 1. The maximum absolute atomic E-state index is 15.4. The predicted octanol–water partition coefficient (Wildman–Crippen LogP) is 4.67. The van der Waals surface area contributed by atoms with Crippen molar-refractivity contribution in [2.75, 3.05) is 53.8 Å². The number of aromatic nitrogens is 10. The lowest BCUT2D eigenvalue weighted by molar-refractivity contribution is -0.160. The molecule has 0 aliphatic carbocycles. The second kappa shape index (κ2) is 48.2. The molecule has 0 aromatic carbocycles. The number of alkyl halides is 10. The third kappa shape index (κ3) is 30.0. The summed E-state index contributed by atoms with van der Waals surface area (Å²) in [6, 6.07) is 6.24. The number of nitrogens with one attached hydrogen (secondary N) is 3. The van der Waals surface area contributed by atoms with Gasteiger partial charge in [-0.1, -0.05) is 164 Å². The van der Waals surface area contributed by atoms with Crippen molar-refractivity contribution in [3.63, 3.8) is 0 Å². The van der Waals surface area contributed by atoms with Crippen LogP contribution in [0, 0.1) is 29.6 Å². The van der Waals surface area contributed by atoms with Crippen molar-refractivity contribution in [2.45, 2.75) is 230 Å². The second-order valence-corrected chi connectivity index (χ2v) is 36.5. The quantitative estimate of drug-likeness (QED) is 0.0155. The largest absolute Gasteiger partial charge is 0.490 e. The molecule has 48 nitrogen and oxygen atoms in total.